The lowest BCUT2D eigenvalue weighted by Gasteiger charge is -2.03. The number of rotatable bonds is 2. The summed E-state index contributed by atoms with van der Waals surface area (Å²) in [5.41, 5.74) is 1.10. The van der Waals surface area contributed by atoms with Crippen molar-refractivity contribution in [2.24, 2.45) is 0 Å². The van der Waals surface area contributed by atoms with Crippen LogP contribution in [0.1, 0.15) is 20.3 Å². The highest BCUT2D eigenvalue weighted by atomic mass is 79.9. The fraction of sp³-hybridized carbons (Fsp3) is 0.571. The molecule has 0 bridgehead atoms. The first-order valence-corrected chi connectivity index (χ1v) is 3.84. The summed E-state index contributed by atoms with van der Waals surface area (Å²) >= 11 is 3.42. The Kier molecular flexibility index (Phi) is 4.43. The molecule has 1 unspecified atom stereocenters. The highest BCUT2D eigenvalue weighted by Crippen LogP contribution is 2.13. The third-order valence-corrected chi connectivity index (χ3v) is 2.51. The van der Waals surface area contributed by atoms with Gasteiger partial charge in [-0.25, -0.2) is 0 Å². The van der Waals surface area contributed by atoms with Crippen LogP contribution < -0.4 is 0 Å². The summed E-state index contributed by atoms with van der Waals surface area (Å²) in [5.74, 6) is 0. The highest BCUT2D eigenvalue weighted by molar-refractivity contribution is 9.09. The number of hydrogen-bond acceptors (Lipinski definition) is 1. The van der Waals surface area contributed by atoms with Crippen molar-refractivity contribution in [3.63, 3.8) is 0 Å². The second-order valence-corrected chi connectivity index (χ2v) is 3.00. The van der Waals surface area contributed by atoms with E-state index in [0.717, 1.165) is 12.0 Å². The van der Waals surface area contributed by atoms with E-state index in [1.165, 1.54) is 0 Å². The third-order valence-electron chi connectivity index (χ3n) is 1.14. The predicted molar refractivity (Wildman–Crippen MR) is 42.4 cm³/mol. The van der Waals surface area contributed by atoms with Crippen molar-refractivity contribution < 1.29 is 0 Å². The van der Waals surface area contributed by atoms with Crippen molar-refractivity contribution in [1.29, 1.82) is 5.26 Å². The van der Waals surface area contributed by atoms with Crippen molar-refractivity contribution in [2.45, 2.75) is 25.1 Å². The van der Waals surface area contributed by atoms with E-state index in [0.29, 0.717) is 4.83 Å². The van der Waals surface area contributed by atoms with Crippen LogP contribution in [-0.4, -0.2) is 4.83 Å². The number of nitriles is 1. The second-order valence-electron chi connectivity index (χ2n) is 1.89. The average Bonchev–Trinajstić information content (AvgIpc) is 1.87. The van der Waals surface area contributed by atoms with Gasteiger partial charge in [0.2, 0.25) is 0 Å². The maximum absolute atomic E-state index is 8.23. The Bertz CT molecular complexity index is 143. The molecule has 0 rings (SSSR count). The van der Waals surface area contributed by atoms with Gasteiger partial charge in [-0.15, -0.1) is 0 Å². The zero-order chi connectivity index (χ0) is 7.28. The van der Waals surface area contributed by atoms with E-state index in [4.69, 9.17) is 5.26 Å². The molecule has 1 atom stereocenters. The van der Waals surface area contributed by atoms with Gasteiger partial charge < -0.3 is 0 Å². The van der Waals surface area contributed by atoms with Crippen LogP contribution in [-0.2, 0) is 0 Å². The number of halogens is 1. The molecule has 0 aliphatic carbocycles. The van der Waals surface area contributed by atoms with Gasteiger partial charge >= 0.3 is 0 Å². The van der Waals surface area contributed by atoms with Gasteiger partial charge in [-0.2, -0.15) is 5.26 Å². The Labute approximate surface area is 64.5 Å². The van der Waals surface area contributed by atoms with Crippen molar-refractivity contribution in [1.82, 2.24) is 0 Å². The van der Waals surface area contributed by atoms with Crippen molar-refractivity contribution >= 4 is 15.9 Å². The Balaban J connectivity index is 3.89. The minimum Gasteiger partial charge on any atom is -0.193 e. The first kappa shape index (κ1) is 8.71. The summed E-state index contributed by atoms with van der Waals surface area (Å²) in [6, 6.07) is 1.99. The van der Waals surface area contributed by atoms with Crippen molar-refractivity contribution in [2.75, 3.05) is 0 Å². The summed E-state index contributed by atoms with van der Waals surface area (Å²) in [7, 11) is 0. The molecular weight excluding hydrogens is 178 g/mol. The van der Waals surface area contributed by atoms with Crippen LogP contribution in [0, 0.1) is 11.3 Å². The lowest BCUT2D eigenvalue weighted by atomic mass is 10.2. The van der Waals surface area contributed by atoms with E-state index >= 15 is 0 Å². The molecule has 1 nitrogen and oxygen atoms in total. The predicted octanol–water partition coefficient (Wildman–Crippen LogP) is 2.63. The second kappa shape index (κ2) is 4.58. The molecule has 0 aromatic carbocycles. The largest absolute Gasteiger partial charge is 0.193 e. The zero-order valence-electron chi connectivity index (χ0n) is 5.69. The van der Waals surface area contributed by atoms with Crippen molar-refractivity contribution in [3.05, 3.63) is 11.6 Å². The smallest absolute Gasteiger partial charge is 0.0911 e. The molecule has 2 heteroatoms. The summed E-state index contributed by atoms with van der Waals surface area (Å²) in [6.07, 6.45) is 2.60. The van der Waals surface area contributed by atoms with Crippen LogP contribution in [0.5, 0.6) is 0 Å². The van der Waals surface area contributed by atoms with Crippen molar-refractivity contribution in [3.8, 4) is 6.07 Å². The van der Waals surface area contributed by atoms with E-state index < -0.39 is 0 Å². The maximum atomic E-state index is 8.23. The Morgan fingerprint density at radius 1 is 1.89 bits per heavy atom. The summed E-state index contributed by atoms with van der Waals surface area (Å²) < 4.78 is 0. The molecule has 0 saturated carbocycles. The first-order valence-electron chi connectivity index (χ1n) is 2.92. The van der Waals surface area contributed by atoms with Crippen LogP contribution in [0.25, 0.3) is 0 Å². The molecule has 0 aromatic heterocycles. The van der Waals surface area contributed by atoms with Gasteiger partial charge in [-0.3, -0.25) is 0 Å². The molecule has 0 N–H and O–H groups in total. The molecule has 0 heterocycles. The Hall–Kier alpha value is -0.290. The monoisotopic (exact) mass is 187 g/mol. The molecule has 9 heavy (non-hydrogen) atoms. The van der Waals surface area contributed by atoms with Crippen LogP contribution >= 0.6 is 15.9 Å². The zero-order valence-corrected chi connectivity index (χ0v) is 7.27. The van der Waals surface area contributed by atoms with Gasteiger partial charge in [0.25, 0.3) is 0 Å². The maximum Gasteiger partial charge on any atom is 0.0911 e. The van der Waals surface area contributed by atoms with Gasteiger partial charge in [-0.1, -0.05) is 22.9 Å². The van der Waals surface area contributed by atoms with E-state index in [-0.39, 0.29) is 0 Å². The summed E-state index contributed by atoms with van der Waals surface area (Å²) in [4.78, 5) is 0.372. The van der Waals surface area contributed by atoms with Crippen LogP contribution in [0.15, 0.2) is 11.6 Å². The average molecular weight is 188 g/mol. The van der Waals surface area contributed by atoms with Gasteiger partial charge in [0.05, 0.1) is 6.07 Å². The topological polar surface area (TPSA) is 23.8 Å². The quantitative estimate of drug-likeness (QED) is 0.482. The normalized spacial score (nSPS) is 14.7. The van der Waals surface area contributed by atoms with E-state index in [9.17, 15) is 0 Å². The van der Waals surface area contributed by atoms with E-state index in [1.807, 2.05) is 13.0 Å². The Morgan fingerprint density at radius 2 is 2.44 bits per heavy atom. The molecule has 0 aromatic rings. The van der Waals surface area contributed by atoms with Gasteiger partial charge in [-0.05, 0) is 18.9 Å². The lowest BCUT2D eigenvalue weighted by Crippen LogP contribution is -1.95. The van der Waals surface area contributed by atoms with Gasteiger partial charge in [0, 0.05) is 10.9 Å². The molecule has 0 spiro atoms. The SMILES string of the molecule is CCC(Br)/C(C)=C/C#N. The molecule has 0 amide bonds. The number of hydrogen-bond donors (Lipinski definition) is 0. The highest BCUT2D eigenvalue weighted by Gasteiger charge is 2.00. The Morgan fingerprint density at radius 3 is 2.78 bits per heavy atom. The third kappa shape index (κ3) is 3.31. The van der Waals surface area contributed by atoms with Gasteiger partial charge in [0.15, 0.2) is 0 Å². The summed E-state index contributed by atoms with van der Waals surface area (Å²) in [5, 5.41) is 8.23. The molecule has 0 fully saturated rings. The fourth-order valence-corrected chi connectivity index (χ4v) is 0.646. The number of alkyl halides is 1. The van der Waals surface area contributed by atoms with E-state index in [1.54, 1.807) is 6.08 Å². The molecule has 50 valence electrons. The first-order chi connectivity index (χ1) is 4.22. The number of nitrogens with zero attached hydrogens (tertiary/aromatic N) is 1. The molecule has 0 saturated heterocycles. The minimum atomic E-state index is 0.372. The van der Waals surface area contributed by atoms with Gasteiger partial charge in [0.1, 0.15) is 0 Å². The van der Waals surface area contributed by atoms with Crippen LogP contribution in [0.4, 0.5) is 0 Å². The lowest BCUT2D eigenvalue weighted by molar-refractivity contribution is 0.939. The molecule has 0 aliphatic heterocycles. The molecule has 0 aliphatic rings. The molecule has 0 radical (unpaired) electrons. The fourth-order valence-electron chi connectivity index (χ4n) is 0.514. The number of allylic oxidation sites excluding steroid dienone is 2. The standard InChI is InChI=1S/C7H10BrN/c1-3-7(8)6(2)4-5-9/h4,7H,3H2,1-2H3/b6-4+. The van der Waals surface area contributed by atoms with E-state index in [2.05, 4.69) is 22.9 Å². The van der Waals surface area contributed by atoms with Crippen LogP contribution in [0.2, 0.25) is 0 Å². The van der Waals surface area contributed by atoms with Crippen LogP contribution in [0.3, 0.4) is 0 Å². The molecular formula is C7H10BrN. The summed E-state index contributed by atoms with van der Waals surface area (Å²) in [6.45, 7) is 4.03. The minimum absolute atomic E-state index is 0.372.